The molecule has 1 saturated heterocycles. The number of hydrogen-bond acceptors (Lipinski definition) is 3. The number of aryl methyl sites for hydroxylation is 1. The third-order valence-corrected chi connectivity index (χ3v) is 3.19. The molecule has 0 unspecified atom stereocenters. The van der Waals surface area contributed by atoms with Crippen LogP contribution >= 0.6 is 0 Å². The lowest BCUT2D eigenvalue weighted by molar-refractivity contribution is -0.0410. The molecule has 0 N–H and O–H groups in total. The minimum atomic E-state index is 0.491. The molecule has 0 radical (unpaired) electrons. The van der Waals surface area contributed by atoms with Crippen LogP contribution in [0.2, 0.25) is 0 Å². The van der Waals surface area contributed by atoms with Crippen molar-refractivity contribution in [3.63, 3.8) is 0 Å². The topological polar surface area (TPSA) is 25.4 Å². The SMILES string of the molecule is Cc1ccc(CN2[C@@H](C)COC[C@@H]2C)cn1. The Bertz CT molecular complexity index is 326. The Morgan fingerprint density at radius 3 is 2.56 bits per heavy atom. The summed E-state index contributed by atoms with van der Waals surface area (Å²) in [7, 11) is 0. The molecule has 1 aromatic heterocycles. The van der Waals surface area contributed by atoms with Crippen LogP contribution in [0.5, 0.6) is 0 Å². The minimum absolute atomic E-state index is 0.491. The molecule has 0 aromatic carbocycles. The third-order valence-electron chi connectivity index (χ3n) is 3.19. The fourth-order valence-corrected chi connectivity index (χ4v) is 2.15. The molecule has 3 nitrogen and oxygen atoms in total. The lowest BCUT2D eigenvalue weighted by Gasteiger charge is -2.38. The Balaban J connectivity index is 2.04. The van der Waals surface area contributed by atoms with Crippen LogP contribution in [0.25, 0.3) is 0 Å². The van der Waals surface area contributed by atoms with Gasteiger partial charge in [-0.3, -0.25) is 9.88 Å². The normalized spacial score (nSPS) is 26.9. The molecule has 1 aromatic rings. The molecule has 2 rings (SSSR count). The van der Waals surface area contributed by atoms with Crippen LogP contribution < -0.4 is 0 Å². The standard InChI is InChI=1S/C13H20N2O/c1-10-4-5-13(6-14-10)7-15-11(2)8-16-9-12(15)3/h4-6,11-12H,7-9H2,1-3H3/t11-,12-/m0/s1. The van der Waals surface area contributed by atoms with Crippen molar-refractivity contribution in [2.75, 3.05) is 13.2 Å². The molecule has 1 aliphatic heterocycles. The van der Waals surface area contributed by atoms with Gasteiger partial charge in [-0.2, -0.15) is 0 Å². The predicted octanol–water partition coefficient (Wildman–Crippen LogP) is 2.00. The number of morpholine rings is 1. The van der Waals surface area contributed by atoms with Gasteiger partial charge in [0.2, 0.25) is 0 Å². The van der Waals surface area contributed by atoms with E-state index in [1.54, 1.807) is 0 Å². The largest absolute Gasteiger partial charge is 0.378 e. The van der Waals surface area contributed by atoms with Crippen LogP contribution in [0.3, 0.4) is 0 Å². The molecule has 0 saturated carbocycles. The quantitative estimate of drug-likeness (QED) is 0.762. The van der Waals surface area contributed by atoms with Gasteiger partial charge in [0.1, 0.15) is 0 Å². The van der Waals surface area contributed by atoms with E-state index >= 15 is 0 Å². The maximum Gasteiger partial charge on any atom is 0.0620 e. The van der Waals surface area contributed by atoms with Crippen molar-refractivity contribution in [3.8, 4) is 0 Å². The highest BCUT2D eigenvalue weighted by atomic mass is 16.5. The summed E-state index contributed by atoms with van der Waals surface area (Å²) in [6, 6.07) is 5.22. The number of ether oxygens (including phenoxy) is 1. The van der Waals surface area contributed by atoms with Crippen molar-refractivity contribution < 1.29 is 4.74 Å². The molecule has 0 amide bonds. The van der Waals surface area contributed by atoms with Crippen LogP contribution in [-0.4, -0.2) is 35.2 Å². The van der Waals surface area contributed by atoms with Gasteiger partial charge >= 0.3 is 0 Å². The Morgan fingerprint density at radius 1 is 1.31 bits per heavy atom. The molecule has 0 bridgehead atoms. The number of pyridine rings is 1. The monoisotopic (exact) mass is 220 g/mol. The Hall–Kier alpha value is -0.930. The van der Waals surface area contributed by atoms with Gasteiger partial charge in [-0.05, 0) is 32.4 Å². The van der Waals surface area contributed by atoms with Crippen molar-refractivity contribution >= 4 is 0 Å². The van der Waals surface area contributed by atoms with Crippen molar-refractivity contribution in [2.45, 2.75) is 39.4 Å². The predicted molar refractivity (Wildman–Crippen MR) is 64.3 cm³/mol. The maximum absolute atomic E-state index is 5.52. The highest BCUT2D eigenvalue weighted by Crippen LogP contribution is 2.16. The summed E-state index contributed by atoms with van der Waals surface area (Å²) in [6.07, 6.45) is 1.98. The first-order chi connectivity index (χ1) is 7.66. The molecule has 1 aliphatic rings. The summed E-state index contributed by atoms with van der Waals surface area (Å²) in [5, 5.41) is 0. The van der Waals surface area contributed by atoms with Crippen molar-refractivity contribution in [2.24, 2.45) is 0 Å². The van der Waals surface area contributed by atoms with E-state index in [1.807, 2.05) is 13.1 Å². The summed E-state index contributed by atoms with van der Waals surface area (Å²) >= 11 is 0. The van der Waals surface area contributed by atoms with Gasteiger partial charge in [0.25, 0.3) is 0 Å². The molecule has 88 valence electrons. The van der Waals surface area contributed by atoms with E-state index in [2.05, 4.69) is 35.9 Å². The average Bonchev–Trinajstić information content (AvgIpc) is 2.26. The van der Waals surface area contributed by atoms with Gasteiger partial charge in [-0.1, -0.05) is 6.07 Å². The summed E-state index contributed by atoms with van der Waals surface area (Å²) in [5.74, 6) is 0. The summed E-state index contributed by atoms with van der Waals surface area (Å²) in [5.41, 5.74) is 2.36. The first-order valence-corrected chi connectivity index (χ1v) is 5.92. The second-order valence-corrected chi connectivity index (χ2v) is 4.72. The van der Waals surface area contributed by atoms with E-state index < -0.39 is 0 Å². The fraction of sp³-hybridized carbons (Fsp3) is 0.615. The third kappa shape index (κ3) is 2.60. The average molecular weight is 220 g/mol. The van der Waals surface area contributed by atoms with Gasteiger partial charge in [-0.25, -0.2) is 0 Å². The summed E-state index contributed by atoms with van der Waals surface area (Å²) in [6.45, 7) is 9.10. The van der Waals surface area contributed by atoms with Crippen LogP contribution in [0.15, 0.2) is 18.3 Å². The van der Waals surface area contributed by atoms with Gasteiger partial charge < -0.3 is 4.74 Å². The Morgan fingerprint density at radius 2 is 2.00 bits per heavy atom. The van der Waals surface area contributed by atoms with Crippen molar-refractivity contribution in [1.82, 2.24) is 9.88 Å². The highest BCUT2D eigenvalue weighted by molar-refractivity contribution is 5.13. The second kappa shape index (κ2) is 4.93. The van der Waals surface area contributed by atoms with Crippen molar-refractivity contribution in [1.29, 1.82) is 0 Å². The smallest absolute Gasteiger partial charge is 0.0620 e. The molecule has 16 heavy (non-hydrogen) atoms. The van der Waals surface area contributed by atoms with Crippen LogP contribution in [-0.2, 0) is 11.3 Å². The van der Waals surface area contributed by atoms with Gasteiger partial charge in [0.05, 0.1) is 13.2 Å². The van der Waals surface area contributed by atoms with E-state index in [0.717, 1.165) is 25.5 Å². The Labute approximate surface area is 97.4 Å². The van der Waals surface area contributed by atoms with Gasteiger partial charge in [0.15, 0.2) is 0 Å². The molecule has 2 heterocycles. The Kier molecular flexibility index (Phi) is 3.56. The molecule has 1 fully saturated rings. The lowest BCUT2D eigenvalue weighted by Crippen LogP contribution is -2.48. The number of aromatic nitrogens is 1. The highest BCUT2D eigenvalue weighted by Gasteiger charge is 2.25. The summed E-state index contributed by atoms with van der Waals surface area (Å²) in [4.78, 5) is 6.82. The van der Waals surface area contributed by atoms with Gasteiger partial charge in [0, 0.05) is 30.5 Å². The maximum atomic E-state index is 5.52. The second-order valence-electron chi connectivity index (χ2n) is 4.72. The van der Waals surface area contributed by atoms with Crippen molar-refractivity contribution in [3.05, 3.63) is 29.6 Å². The zero-order valence-corrected chi connectivity index (χ0v) is 10.3. The van der Waals surface area contributed by atoms with Crippen LogP contribution in [0.4, 0.5) is 0 Å². The lowest BCUT2D eigenvalue weighted by atomic mass is 10.1. The molecule has 2 atom stereocenters. The van der Waals surface area contributed by atoms with E-state index in [-0.39, 0.29) is 0 Å². The number of rotatable bonds is 2. The number of hydrogen-bond donors (Lipinski definition) is 0. The molecular weight excluding hydrogens is 200 g/mol. The van der Waals surface area contributed by atoms with E-state index in [9.17, 15) is 0 Å². The molecule has 0 spiro atoms. The van der Waals surface area contributed by atoms with Gasteiger partial charge in [-0.15, -0.1) is 0 Å². The molecular formula is C13H20N2O. The first-order valence-electron chi connectivity index (χ1n) is 5.92. The van der Waals surface area contributed by atoms with E-state index in [1.165, 1.54) is 5.56 Å². The molecule has 3 heteroatoms. The zero-order valence-electron chi connectivity index (χ0n) is 10.3. The van der Waals surface area contributed by atoms with Crippen LogP contribution in [0, 0.1) is 6.92 Å². The fourth-order valence-electron chi connectivity index (χ4n) is 2.15. The first kappa shape index (κ1) is 11.6. The van der Waals surface area contributed by atoms with Crippen LogP contribution in [0.1, 0.15) is 25.1 Å². The number of nitrogens with zero attached hydrogens (tertiary/aromatic N) is 2. The minimum Gasteiger partial charge on any atom is -0.378 e. The molecule has 0 aliphatic carbocycles. The summed E-state index contributed by atoms with van der Waals surface area (Å²) < 4.78 is 5.52. The van der Waals surface area contributed by atoms with E-state index in [0.29, 0.717) is 12.1 Å². The zero-order chi connectivity index (χ0) is 11.5. The van der Waals surface area contributed by atoms with E-state index in [4.69, 9.17) is 4.74 Å².